The van der Waals surface area contributed by atoms with E-state index >= 15 is 0 Å². The Morgan fingerprint density at radius 3 is 1.50 bits per heavy atom. The summed E-state index contributed by atoms with van der Waals surface area (Å²) in [5.41, 5.74) is 4.95. The van der Waals surface area contributed by atoms with Gasteiger partial charge in [-0.15, -0.1) is 5.12 Å². The molecule has 2 fully saturated rings. The van der Waals surface area contributed by atoms with E-state index in [1.807, 2.05) is 0 Å². The highest BCUT2D eigenvalue weighted by molar-refractivity contribution is 6.07. The highest BCUT2D eigenvalue weighted by atomic mass is 16.3. The Bertz CT molecular complexity index is 518. The fraction of sp³-hybridized carbons (Fsp3) is 0.500. The van der Waals surface area contributed by atoms with Crippen LogP contribution in [0.2, 0.25) is 0 Å². The van der Waals surface area contributed by atoms with E-state index in [0.717, 1.165) is 0 Å². The standard InChI is InChI=1S/C12H14N4O6/c13-7(17)1-2-12(22)16(14-8(18)3-4-9(14)19)15-10(20)5-6-11(15)21/h1-6H2,(H2,13,17). The summed E-state index contributed by atoms with van der Waals surface area (Å²) in [5, 5.41) is 1.44. The van der Waals surface area contributed by atoms with Crippen LogP contribution in [0.5, 0.6) is 0 Å². The molecule has 10 heteroatoms. The van der Waals surface area contributed by atoms with Crippen molar-refractivity contribution >= 4 is 35.4 Å². The van der Waals surface area contributed by atoms with Crippen molar-refractivity contribution in [1.29, 1.82) is 0 Å². The maximum Gasteiger partial charge on any atom is 0.262 e. The normalized spacial score (nSPS) is 18.4. The summed E-state index contributed by atoms with van der Waals surface area (Å²) in [6, 6.07) is 0. The van der Waals surface area contributed by atoms with Gasteiger partial charge in [-0.25, -0.2) is 0 Å². The summed E-state index contributed by atoms with van der Waals surface area (Å²) in [5.74, 6) is -4.41. The van der Waals surface area contributed by atoms with Crippen molar-refractivity contribution in [3.63, 3.8) is 0 Å². The van der Waals surface area contributed by atoms with Crippen LogP contribution >= 0.6 is 0 Å². The Morgan fingerprint density at radius 2 is 1.18 bits per heavy atom. The second-order valence-electron chi connectivity index (χ2n) is 4.85. The van der Waals surface area contributed by atoms with Crippen LogP contribution in [0.15, 0.2) is 0 Å². The van der Waals surface area contributed by atoms with E-state index in [-0.39, 0.29) is 32.1 Å². The first-order valence-electron chi connectivity index (χ1n) is 6.65. The summed E-state index contributed by atoms with van der Waals surface area (Å²) < 4.78 is 0. The van der Waals surface area contributed by atoms with E-state index in [1.54, 1.807) is 0 Å². The molecule has 0 bridgehead atoms. The average Bonchev–Trinajstić information content (AvgIpc) is 2.95. The summed E-state index contributed by atoms with van der Waals surface area (Å²) in [6.07, 6.45) is -1.22. The number of carbonyl (C=O) groups is 6. The minimum absolute atomic E-state index is 0.116. The van der Waals surface area contributed by atoms with Crippen LogP contribution < -0.4 is 5.73 Å². The number of hydrogen-bond donors (Lipinski definition) is 1. The fourth-order valence-corrected chi connectivity index (χ4v) is 2.19. The molecule has 2 aliphatic rings. The highest BCUT2D eigenvalue weighted by Gasteiger charge is 2.45. The third-order valence-electron chi connectivity index (χ3n) is 3.24. The van der Waals surface area contributed by atoms with Crippen molar-refractivity contribution in [2.45, 2.75) is 38.5 Å². The Hall–Kier alpha value is -2.78. The summed E-state index contributed by atoms with van der Waals surface area (Å²) in [4.78, 5) is 70.2. The van der Waals surface area contributed by atoms with Gasteiger partial charge < -0.3 is 5.73 Å². The summed E-state index contributed by atoms with van der Waals surface area (Å²) in [7, 11) is 0. The first-order valence-corrected chi connectivity index (χ1v) is 6.65. The number of imide groups is 2. The number of carbonyl (C=O) groups excluding carboxylic acids is 6. The quantitative estimate of drug-likeness (QED) is 0.595. The van der Waals surface area contributed by atoms with Crippen molar-refractivity contribution in [1.82, 2.24) is 15.1 Å². The van der Waals surface area contributed by atoms with Gasteiger partial charge >= 0.3 is 0 Å². The molecule has 0 aromatic carbocycles. The Morgan fingerprint density at radius 1 is 0.818 bits per heavy atom. The molecule has 118 valence electrons. The molecule has 2 aliphatic heterocycles. The van der Waals surface area contributed by atoms with Gasteiger partial charge in [-0.2, -0.15) is 10.0 Å². The molecule has 0 aromatic heterocycles. The van der Waals surface area contributed by atoms with Gasteiger partial charge in [-0.1, -0.05) is 0 Å². The molecule has 2 N–H and O–H groups in total. The lowest BCUT2D eigenvalue weighted by Crippen LogP contribution is -2.59. The molecular formula is C12H14N4O6. The molecule has 10 nitrogen and oxygen atoms in total. The number of hydrazine groups is 2. The van der Waals surface area contributed by atoms with Crippen molar-refractivity contribution in [2.24, 2.45) is 5.73 Å². The molecule has 0 aliphatic carbocycles. The van der Waals surface area contributed by atoms with Crippen LogP contribution in [-0.2, 0) is 28.8 Å². The second-order valence-corrected chi connectivity index (χ2v) is 4.85. The Balaban J connectivity index is 2.32. The zero-order valence-corrected chi connectivity index (χ0v) is 11.6. The van der Waals surface area contributed by atoms with Crippen molar-refractivity contribution in [2.75, 3.05) is 0 Å². The van der Waals surface area contributed by atoms with Gasteiger partial charge in [-0.3, -0.25) is 28.8 Å². The van der Waals surface area contributed by atoms with Gasteiger partial charge in [0.05, 0.1) is 0 Å². The largest absolute Gasteiger partial charge is 0.370 e. The summed E-state index contributed by atoms with van der Waals surface area (Å²) >= 11 is 0. The molecular weight excluding hydrogens is 296 g/mol. The SMILES string of the molecule is NC(=O)CCC(=O)N(N1C(=O)CCC1=O)N1C(=O)CCC1=O. The molecule has 0 atom stereocenters. The molecule has 0 saturated carbocycles. The molecule has 22 heavy (non-hydrogen) atoms. The van der Waals surface area contributed by atoms with E-state index in [1.165, 1.54) is 0 Å². The number of nitrogens with two attached hydrogens (primary N) is 1. The molecule has 0 unspecified atom stereocenters. The van der Waals surface area contributed by atoms with Gasteiger partial charge in [0.2, 0.25) is 5.91 Å². The summed E-state index contributed by atoms with van der Waals surface area (Å²) in [6.45, 7) is 0. The lowest BCUT2D eigenvalue weighted by Gasteiger charge is -2.34. The van der Waals surface area contributed by atoms with Crippen LogP contribution in [0.3, 0.4) is 0 Å². The van der Waals surface area contributed by atoms with E-state index in [4.69, 9.17) is 5.73 Å². The van der Waals surface area contributed by atoms with Crippen molar-refractivity contribution in [3.8, 4) is 0 Å². The zero-order chi connectivity index (χ0) is 16.4. The van der Waals surface area contributed by atoms with Crippen LogP contribution in [0, 0.1) is 0 Å². The molecule has 0 spiro atoms. The maximum atomic E-state index is 12.2. The Kier molecular flexibility index (Phi) is 4.20. The molecule has 6 amide bonds. The predicted octanol–water partition coefficient (Wildman–Crippen LogP) is -1.79. The smallest absolute Gasteiger partial charge is 0.262 e. The van der Waals surface area contributed by atoms with Crippen molar-refractivity contribution < 1.29 is 28.8 Å². The minimum atomic E-state index is -0.897. The molecule has 2 heterocycles. The van der Waals surface area contributed by atoms with E-state index in [0.29, 0.717) is 15.1 Å². The number of primary amides is 1. The number of hydrogen-bond acceptors (Lipinski definition) is 6. The lowest BCUT2D eigenvalue weighted by atomic mass is 10.3. The number of amides is 6. The maximum absolute atomic E-state index is 12.2. The molecule has 2 saturated heterocycles. The van der Waals surface area contributed by atoms with Gasteiger partial charge in [0, 0.05) is 38.5 Å². The van der Waals surface area contributed by atoms with E-state index in [2.05, 4.69) is 0 Å². The predicted molar refractivity (Wildman–Crippen MR) is 67.4 cm³/mol. The number of rotatable bonds is 5. The van der Waals surface area contributed by atoms with Crippen LogP contribution in [0.1, 0.15) is 38.5 Å². The topological polar surface area (TPSA) is 138 Å². The van der Waals surface area contributed by atoms with Gasteiger partial charge in [0.15, 0.2) is 0 Å². The lowest BCUT2D eigenvalue weighted by molar-refractivity contribution is -0.203. The number of nitrogens with zero attached hydrogens (tertiary/aromatic N) is 3. The molecule has 0 radical (unpaired) electrons. The monoisotopic (exact) mass is 310 g/mol. The van der Waals surface area contributed by atoms with E-state index < -0.39 is 41.9 Å². The minimum Gasteiger partial charge on any atom is -0.370 e. The van der Waals surface area contributed by atoms with Gasteiger partial charge in [0.25, 0.3) is 29.5 Å². The van der Waals surface area contributed by atoms with Crippen LogP contribution in [0.4, 0.5) is 0 Å². The highest BCUT2D eigenvalue weighted by Crippen LogP contribution is 2.23. The third-order valence-corrected chi connectivity index (χ3v) is 3.24. The van der Waals surface area contributed by atoms with Crippen LogP contribution in [0.25, 0.3) is 0 Å². The first kappa shape index (κ1) is 15.6. The second kappa shape index (κ2) is 5.92. The van der Waals surface area contributed by atoms with Gasteiger partial charge in [0.1, 0.15) is 0 Å². The van der Waals surface area contributed by atoms with Crippen LogP contribution in [-0.4, -0.2) is 50.6 Å². The van der Waals surface area contributed by atoms with Gasteiger partial charge in [-0.05, 0) is 0 Å². The zero-order valence-electron chi connectivity index (χ0n) is 11.6. The Labute approximate surface area is 124 Å². The third kappa shape index (κ3) is 2.80. The molecule has 2 rings (SSSR count). The first-order chi connectivity index (χ1) is 10.3. The average molecular weight is 310 g/mol. The van der Waals surface area contributed by atoms with Crippen molar-refractivity contribution in [3.05, 3.63) is 0 Å². The van der Waals surface area contributed by atoms with E-state index in [9.17, 15) is 28.8 Å². The fourth-order valence-electron chi connectivity index (χ4n) is 2.19. The molecule has 0 aromatic rings.